The van der Waals surface area contributed by atoms with Crippen LogP contribution in [0.25, 0.3) is 0 Å². The molecule has 1 aliphatic rings. The van der Waals surface area contributed by atoms with Crippen molar-refractivity contribution in [2.24, 2.45) is 11.1 Å². The van der Waals surface area contributed by atoms with Crippen molar-refractivity contribution in [3.05, 3.63) is 0 Å². The molecule has 1 aliphatic heterocycles. The van der Waals surface area contributed by atoms with E-state index < -0.39 is 25.6 Å². The topological polar surface area (TPSA) is 104 Å². The monoisotopic (exact) mass is 312 g/mol. The first-order chi connectivity index (χ1) is 8.69. The Hall–Kier alpha value is -0.670. The number of rotatable bonds is 5. The molecule has 0 aliphatic carbocycles. The highest BCUT2D eigenvalue weighted by atomic mass is 32.2. The second-order valence-corrected chi connectivity index (χ2v) is 9.10. The van der Waals surface area contributed by atoms with E-state index in [-0.39, 0.29) is 24.8 Å². The second-order valence-electron chi connectivity index (χ2n) is 4.75. The van der Waals surface area contributed by atoms with Crippen LogP contribution >= 0.6 is 0 Å². The first-order valence-electron chi connectivity index (χ1n) is 6.06. The third kappa shape index (κ3) is 4.73. The lowest BCUT2D eigenvalue weighted by Crippen LogP contribution is -2.45. The lowest BCUT2D eigenvalue weighted by atomic mass is 9.95. The van der Waals surface area contributed by atoms with Crippen LogP contribution in [0, 0.1) is 5.92 Å². The van der Waals surface area contributed by atoms with Crippen molar-refractivity contribution in [2.45, 2.75) is 19.8 Å². The summed E-state index contributed by atoms with van der Waals surface area (Å²) in [5.41, 5.74) is 0.608. The minimum absolute atomic E-state index is 0.105. The number of sulfonamides is 1. The summed E-state index contributed by atoms with van der Waals surface area (Å²) in [5, 5.41) is 12.0. The van der Waals surface area contributed by atoms with Gasteiger partial charge in [-0.05, 0) is 6.42 Å². The molecule has 7 nitrogen and oxygen atoms in total. The molecule has 9 heteroatoms. The summed E-state index contributed by atoms with van der Waals surface area (Å²) < 4.78 is 47.5. The number of nitrogens with zero attached hydrogens (tertiary/aromatic N) is 2. The first kappa shape index (κ1) is 16.4. The summed E-state index contributed by atoms with van der Waals surface area (Å²) in [4.78, 5) is 0. The zero-order valence-electron chi connectivity index (χ0n) is 11.1. The van der Waals surface area contributed by atoms with Gasteiger partial charge in [-0.15, -0.1) is 0 Å². The van der Waals surface area contributed by atoms with Crippen LogP contribution in [0.2, 0.25) is 0 Å². The Bertz CT molecular complexity index is 538. The van der Waals surface area contributed by atoms with E-state index in [0.717, 1.165) is 6.26 Å². The molecule has 0 radical (unpaired) electrons. The van der Waals surface area contributed by atoms with E-state index in [9.17, 15) is 16.8 Å². The fourth-order valence-corrected chi connectivity index (χ4v) is 5.11. The first-order valence-corrected chi connectivity index (χ1v) is 9.73. The maximum Gasteiger partial charge on any atom is 0.215 e. The average Bonchev–Trinajstić information content (AvgIpc) is 2.35. The molecule has 0 spiro atoms. The molecule has 1 heterocycles. The summed E-state index contributed by atoms with van der Waals surface area (Å²) in [6, 6.07) is 0. The van der Waals surface area contributed by atoms with Gasteiger partial charge in [0, 0.05) is 31.7 Å². The third-order valence-corrected chi connectivity index (χ3v) is 6.28. The lowest BCUT2D eigenvalue weighted by Gasteiger charge is -2.31. The average molecular weight is 312 g/mol. The number of hydrogen-bond donors (Lipinski definition) is 1. The molecule has 0 saturated carbocycles. The molecule has 19 heavy (non-hydrogen) atoms. The summed E-state index contributed by atoms with van der Waals surface area (Å²) in [5.74, 6) is -0.871. The predicted molar refractivity (Wildman–Crippen MR) is 72.7 cm³/mol. The molecular weight excluding hydrogens is 292 g/mol. The van der Waals surface area contributed by atoms with Crippen molar-refractivity contribution in [1.82, 2.24) is 4.31 Å². The smallest absolute Gasteiger partial charge is 0.215 e. The second kappa shape index (κ2) is 6.19. The molecule has 1 fully saturated rings. The number of hydrogen-bond acceptors (Lipinski definition) is 6. The van der Waals surface area contributed by atoms with Crippen LogP contribution in [0.4, 0.5) is 0 Å². The molecule has 112 valence electrons. The molecule has 1 rings (SSSR count). The molecule has 0 aromatic rings. The number of piperidine rings is 1. The van der Waals surface area contributed by atoms with Crippen molar-refractivity contribution in [3.8, 4) is 0 Å². The molecule has 1 N–H and O–H groups in total. The maximum absolute atomic E-state index is 12.0. The highest BCUT2D eigenvalue weighted by Crippen LogP contribution is 2.20. The molecule has 0 bridgehead atoms. The van der Waals surface area contributed by atoms with Gasteiger partial charge in [0.25, 0.3) is 0 Å². The molecule has 0 amide bonds. The minimum Gasteiger partial charge on any atom is -0.411 e. The van der Waals surface area contributed by atoms with Crippen LogP contribution in [0.15, 0.2) is 5.16 Å². The SMILES string of the molecule is CCC1CN(S(=O)(=O)CCS(C)(=O)=O)CCC1=NO. The van der Waals surface area contributed by atoms with Gasteiger partial charge in [0.2, 0.25) is 10.0 Å². The van der Waals surface area contributed by atoms with Crippen LogP contribution in [-0.2, 0) is 19.9 Å². The molecule has 1 atom stereocenters. The van der Waals surface area contributed by atoms with Gasteiger partial charge < -0.3 is 5.21 Å². The largest absolute Gasteiger partial charge is 0.411 e. The van der Waals surface area contributed by atoms with Gasteiger partial charge >= 0.3 is 0 Å². The van der Waals surface area contributed by atoms with E-state index >= 15 is 0 Å². The van der Waals surface area contributed by atoms with E-state index in [1.807, 2.05) is 6.92 Å². The van der Waals surface area contributed by atoms with Gasteiger partial charge in [0.1, 0.15) is 9.84 Å². The van der Waals surface area contributed by atoms with Crippen LogP contribution < -0.4 is 0 Å². The molecular formula is C10H20N2O5S2. The van der Waals surface area contributed by atoms with E-state index in [1.54, 1.807) is 0 Å². The van der Waals surface area contributed by atoms with Gasteiger partial charge in [-0.2, -0.15) is 0 Å². The van der Waals surface area contributed by atoms with E-state index in [2.05, 4.69) is 5.16 Å². The van der Waals surface area contributed by atoms with Crippen molar-refractivity contribution >= 4 is 25.6 Å². The van der Waals surface area contributed by atoms with Crippen LogP contribution in [0.1, 0.15) is 19.8 Å². The Morgan fingerprint density at radius 3 is 2.42 bits per heavy atom. The van der Waals surface area contributed by atoms with Gasteiger partial charge in [0.05, 0.1) is 17.2 Å². The Labute approximate surface area is 114 Å². The molecule has 0 aromatic heterocycles. The highest BCUT2D eigenvalue weighted by Gasteiger charge is 2.32. The van der Waals surface area contributed by atoms with Crippen molar-refractivity contribution in [2.75, 3.05) is 30.9 Å². The van der Waals surface area contributed by atoms with Crippen molar-refractivity contribution < 1.29 is 22.0 Å². The van der Waals surface area contributed by atoms with E-state index in [4.69, 9.17) is 5.21 Å². The molecule has 0 aromatic carbocycles. The Balaban J connectivity index is 2.75. The minimum atomic E-state index is -3.57. The summed E-state index contributed by atoms with van der Waals surface area (Å²) in [7, 11) is -6.87. The van der Waals surface area contributed by atoms with E-state index in [1.165, 1.54) is 4.31 Å². The van der Waals surface area contributed by atoms with E-state index in [0.29, 0.717) is 18.6 Å². The van der Waals surface area contributed by atoms with Crippen molar-refractivity contribution in [3.63, 3.8) is 0 Å². The fourth-order valence-electron chi connectivity index (χ4n) is 2.02. The molecule has 1 saturated heterocycles. The van der Waals surface area contributed by atoms with Crippen molar-refractivity contribution in [1.29, 1.82) is 0 Å². The highest BCUT2D eigenvalue weighted by molar-refractivity contribution is 7.93. The Kier molecular flexibility index (Phi) is 5.34. The van der Waals surface area contributed by atoms with Gasteiger partial charge in [-0.25, -0.2) is 21.1 Å². The van der Waals surface area contributed by atoms with Crippen LogP contribution in [0.3, 0.4) is 0 Å². The standard InChI is InChI=1S/C10H20N2O5S2/c1-3-9-8-12(5-4-10(9)11-13)19(16,17)7-6-18(2,14)15/h9,13H,3-8H2,1-2H3. The van der Waals surface area contributed by atoms with Gasteiger partial charge in [0.15, 0.2) is 0 Å². The van der Waals surface area contributed by atoms with Gasteiger partial charge in [-0.3, -0.25) is 0 Å². The van der Waals surface area contributed by atoms with Crippen LogP contribution in [0.5, 0.6) is 0 Å². The number of oxime groups is 1. The van der Waals surface area contributed by atoms with Crippen LogP contribution in [-0.4, -0.2) is 62.9 Å². The molecule has 1 unspecified atom stereocenters. The quantitative estimate of drug-likeness (QED) is 0.565. The summed E-state index contributed by atoms with van der Waals surface area (Å²) in [6.45, 7) is 2.38. The third-order valence-electron chi connectivity index (χ3n) is 3.24. The zero-order chi connectivity index (χ0) is 14.7. The van der Waals surface area contributed by atoms with Gasteiger partial charge in [-0.1, -0.05) is 12.1 Å². The normalized spacial score (nSPS) is 24.7. The Morgan fingerprint density at radius 2 is 1.95 bits per heavy atom. The fraction of sp³-hybridized carbons (Fsp3) is 0.900. The maximum atomic E-state index is 12.0. The predicted octanol–water partition coefficient (Wildman–Crippen LogP) is -0.0771. The summed E-state index contributed by atoms with van der Waals surface area (Å²) >= 11 is 0. The zero-order valence-corrected chi connectivity index (χ0v) is 12.7. The summed E-state index contributed by atoms with van der Waals surface area (Å²) in [6.07, 6.45) is 2.08. The lowest BCUT2D eigenvalue weighted by molar-refractivity contribution is 0.296. The Morgan fingerprint density at radius 1 is 1.32 bits per heavy atom. The number of sulfone groups is 1.